The minimum absolute atomic E-state index is 0.132. The summed E-state index contributed by atoms with van der Waals surface area (Å²) >= 11 is 0. The molecule has 142 valence electrons. The Morgan fingerprint density at radius 3 is 2.75 bits per heavy atom. The molecule has 7 heteroatoms. The van der Waals surface area contributed by atoms with Crippen molar-refractivity contribution in [3.05, 3.63) is 89.1 Å². The van der Waals surface area contributed by atoms with Gasteiger partial charge in [0.2, 0.25) is 5.95 Å². The predicted molar refractivity (Wildman–Crippen MR) is 107 cm³/mol. The number of benzene rings is 1. The van der Waals surface area contributed by atoms with E-state index in [1.807, 2.05) is 35.0 Å². The van der Waals surface area contributed by atoms with Crippen LogP contribution in [-0.2, 0) is 25.9 Å². The first-order valence-electron chi connectivity index (χ1n) is 9.14. The second-order valence-corrected chi connectivity index (χ2v) is 6.57. The summed E-state index contributed by atoms with van der Waals surface area (Å²) in [6.07, 6.45) is 8.33. The first-order valence-corrected chi connectivity index (χ1v) is 9.14. The number of nitrogens with zero attached hydrogens (tertiary/aromatic N) is 4. The Morgan fingerprint density at radius 2 is 2.00 bits per heavy atom. The van der Waals surface area contributed by atoms with Gasteiger partial charge in [-0.25, -0.2) is 9.97 Å². The average molecular weight is 375 g/mol. The molecule has 0 radical (unpaired) electrons. The van der Waals surface area contributed by atoms with E-state index in [2.05, 4.69) is 22.1 Å². The summed E-state index contributed by atoms with van der Waals surface area (Å²) in [7, 11) is 0. The molecule has 3 heterocycles. The van der Waals surface area contributed by atoms with Crippen molar-refractivity contribution >= 4 is 5.95 Å². The fourth-order valence-corrected chi connectivity index (χ4v) is 3.16. The predicted octanol–water partition coefficient (Wildman–Crippen LogP) is 2.77. The van der Waals surface area contributed by atoms with Crippen molar-refractivity contribution < 1.29 is 4.42 Å². The van der Waals surface area contributed by atoms with Gasteiger partial charge in [0.25, 0.3) is 5.56 Å². The van der Waals surface area contributed by atoms with Crippen molar-refractivity contribution in [1.82, 2.24) is 19.1 Å². The molecule has 0 aliphatic heterocycles. The number of aromatic nitrogens is 4. The van der Waals surface area contributed by atoms with Gasteiger partial charge < -0.3 is 14.7 Å². The summed E-state index contributed by atoms with van der Waals surface area (Å²) in [5.74, 6) is 1.08. The summed E-state index contributed by atoms with van der Waals surface area (Å²) in [6, 6.07) is 13.5. The highest BCUT2D eigenvalue weighted by Crippen LogP contribution is 2.21. The molecule has 0 spiro atoms. The molecule has 2 N–H and O–H groups in total. The molecular formula is C21H21N5O2. The second-order valence-electron chi connectivity index (χ2n) is 6.57. The molecule has 0 aliphatic rings. The molecule has 4 rings (SSSR count). The van der Waals surface area contributed by atoms with Gasteiger partial charge in [-0.05, 0) is 36.6 Å². The number of imidazole rings is 1. The van der Waals surface area contributed by atoms with E-state index in [1.54, 1.807) is 24.9 Å². The van der Waals surface area contributed by atoms with Crippen molar-refractivity contribution in [2.75, 3.05) is 5.73 Å². The summed E-state index contributed by atoms with van der Waals surface area (Å²) in [6.45, 7) is 1.07. The van der Waals surface area contributed by atoms with E-state index < -0.39 is 0 Å². The summed E-state index contributed by atoms with van der Waals surface area (Å²) in [5.41, 5.74) is 8.78. The molecule has 4 aromatic rings. The molecule has 0 saturated carbocycles. The van der Waals surface area contributed by atoms with Crippen molar-refractivity contribution in [2.24, 2.45) is 0 Å². The van der Waals surface area contributed by atoms with E-state index in [0.717, 1.165) is 23.3 Å². The highest BCUT2D eigenvalue weighted by molar-refractivity contribution is 5.58. The van der Waals surface area contributed by atoms with Gasteiger partial charge >= 0.3 is 0 Å². The number of hydrogen-bond donors (Lipinski definition) is 1. The highest BCUT2D eigenvalue weighted by atomic mass is 16.3. The third-order valence-corrected chi connectivity index (χ3v) is 4.63. The SMILES string of the molecule is Nc1nc(CCc2cccc(-c3ccco3)c2)cc(=O)n1CCn1ccnc1. The third-order valence-electron chi connectivity index (χ3n) is 4.63. The molecule has 1 aromatic carbocycles. The first-order chi connectivity index (χ1) is 13.7. The zero-order valence-corrected chi connectivity index (χ0v) is 15.4. The van der Waals surface area contributed by atoms with Gasteiger partial charge in [-0.2, -0.15) is 0 Å². The van der Waals surface area contributed by atoms with Gasteiger partial charge in [-0.1, -0.05) is 18.2 Å². The van der Waals surface area contributed by atoms with Crippen LogP contribution < -0.4 is 11.3 Å². The van der Waals surface area contributed by atoms with Gasteiger partial charge in [0.15, 0.2) is 0 Å². The topological polar surface area (TPSA) is 91.9 Å². The minimum atomic E-state index is -0.132. The van der Waals surface area contributed by atoms with Crippen LogP contribution in [0, 0.1) is 0 Å². The largest absolute Gasteiger partial charge is 0.464 e. The van der Waals surface area contributed by atoms with Gasteiger partial charge in [0.1, 0.15) is 5.76 Å². The lowest BCUT2D eigenvalue weighted by Crippen LogP contribution is -2.26. The van der Waals surface area contributed by atoms with Crippen LogP contribution in [0.5, 0.6) is 0 Å². The Morgan fingerprint density at radius 1 is 1.07 bits per heavy atom. The normalized spacial score (nSPS) is 11.0. The van der Waals surface area contributed by atoms with Crippen LogP contribution in [-0.4, -0.2) is 19.1 Å². The maximum absolute atomic E-state index is 12.4. The van der Waals surface area contributed by atoms with Crippen LogP contribution in [0.15, 0.2) is 76.7 Å². The van der Waals surface area contributed by atoms with Crippen molar-refractivity contribution in [3.8, 4) is 11.3 Å². The van der Waals surface area contributed by atoms with Crippen molar-refractivity contribution in [1.29, 1.82) is 0 Å². The Labute approximate surface area is 162 Å². The number of furan rings is 1. The van der Waals surface area contributed by atoms with Crippen LogP contribution in [0.25, 0.3) is 11.3 Å². The van der Waals surface area contributed by atoms with Crippen LogP contribution >= 0.6 is 0 Å². The van der Waals surface area contributed by atoms with E-state index in [0.29, 0.717) is 25.2 Å². The molecule has 7 nitrogen and oxygen atoms in total. The van der Waals surface area contributed by atoms with E-state index in [4.69, 9.17) is 10.2 Å². The Hall–Kier alpha value is -3.61. The zero-order chi connectivity index (χ0) is 19.3. The Kier molecular flexibility index (Phi) is 5.05. The van der Waals surface area contributed by atoms with Gasteiger partial charge in [-0.3, -0.25) is 9.36 Å². The summed E-state index contributed by atoms with van der Waals surface area (Å²) in [5, 5.41) is 0. The van der Waals surface area contributed by atoms with Crippen LogP contribution in [0.2, 0.25) is 0 Å². The molecular weight excluding hydrogens is 354 g/mol. The smallest absolute Gasteiger partial charge is 0.255 e. The number of rotatable bonds is 7. The fraction of sp³-hybridized carbons (Fsp3) is 0.190. The third kappa shape index (κ3) is 4.03. The molecule has 0 bridgehead atoms. The maximum atomic E-state index is 12.4. The number of nitrogen functional groups attached to an aromatic ring is 1. The van der Waals surface area contributed by atoms with Crippen LogP contribution in [0.4, 0.5) is 5.95 Å². The number of anilines is 1. The molecule has 0 unspecified atom stereocenters. The molecule has 0 aliphatic carbocycles. The minimum Gasteiger partial charge on any atom is -0.464 e. The molecule has 3 aromatic heterocycles. The Bertz CT molecular complexity index is 1100. The lowest BCUT2D eigenvalue weighted by molar-refractivity contribution is 0.563. The quantitative estimate of drug-likeness (QED) is 0.536. The monoisotopic (exact) mass is 375 g/mol. The lowest BCUT2D eigenvalue weighted by Gasteiger charge is -2.11. The Balaban J connectivity index is 1.44. The number of hydrogen-bond acceptors (Lipinski definition) is 5. The van der Waals surface area contributed by atoms with E-state index >= 15 is 0 Å². The van der Waals surface area contributed by atoms with E-state index in [9.17, 15) is 4.79 Å². The first kappa shape index (κ1) is 17.8. The van der Waals surface area contributed by atoms with Gasteiger partial charge in [-0.15, -0.1) is 0 Å². The van der Waals surface area contributed by atoms with Gasteiger partial charge in [0.05, 0.1) is 18.3 Å². The number of nitrogens with two attached hydrogens (primary N) is 1. The maximum Gasteiger partial charge on any atom is 0.255 e. The van der Waals surface area contributed by atoms with Crippen LogP contribution in [0.1, 0.15) is 11.3 Å². The summed E-state index contributed by atoms with van der Waals surface area (Å²) < 4.78 is 8.83. The van der Waals surface area contributed by atoms with Crippen molar-refractivity contribution in [3.63, 3.8) is 0 Å². The van der Waals surface area contributed by atoms with Crippen molar-refractivity contribution in [2.45, 2.75) is 25.9 Å². The lowest BCUT2D eigenvalue weighted by atomic mass is 10.0. The standard InChI is InChI=1S/C21H21N5O2/c22-21-24-18(14-20(27)26(21)11-10-25-9-8-23-15-25)7-6-16-3-1-4-17(13-16)19-5-2-12-28-19/h1-5,8-9,12-15H,6-7,10-11H2,(H2,22,24). The molecule has 0 amide bonds. The second kappa shape index (κ2) is 7.96. The highest BCUT2D eigenvalue weighted by Gasteiger charge is 2.08. The molecule has 0 fully saturated rings. The summed E-state index contributed by atoms with van der Waals surface area (Å²) in [4.78, 5) is 20.9. The average Bonchev–Trinajstić information content (AvgIpc) is 3.40. The molecule has 28 heavy (non-hydrogen) atoms. The van der Waals surface area contributed by atoms with E-state index in [-0.39, 0.29) is 11.5 Å². The molecule has 0 saturated heterocycles. The van der Waals surface area contributed by atoms with Crippen LogP contribution in [0.3, 0.4) is 0 Å². The van der Waals surface area contributed by atoms with E-state index in [1.165, 1.54) is 4.57 Å². The fourth-order valence-electron chi connectivity index (χ4n) is 3.16. The number of aryl methyl sites for hydroxylation is 3. The zero-order valence-electron chi connectivity index (χ0n) is 15.4. The molecule has 0 atom stereocenters. The van der Waals surface area contributed by atoms with Gasteiger partial charge in [0, 0.05) is 37.1 Å².